The second-order valence-electron chi connectivity index (χ2n) is 6.42. The molecule has 0 aliphatic heterocycles. The number of allylic oxidation sites excluding steroid dienone is 2. The van der Waals surface area contributed by atoms with Gasteiger partial charge in [0.2, 0.25) is 0 Å². The van der Waals surface area contributed by atoms with Gasteiger partial charge in [0.25, 0.3) is 0 Å². The van der Waals surface area contributed by atoms with Crippen LogP contribution in [0.4, 0.5) is 5.69 Å². The predicted octanol–water partition coefficient (Wildman–Crippen LogP) is 3.78. The SMILES string of the molecule is C=C(CN(C)CCC)NC1C=CC(C#Cc2ccc(NC)cc2)=CC1. The summed E-state index contributed by atoms with van der Waals surface area (Å²) in [5.41, 5.74) is 4.27. The normalized spacial score (nSPS) is 16.0. The number of anilines is 1. The maximum absolute atomic E-state index is 4.14. The fourth-order valence-corrected chi connectivity index (χ4v) is 2.78. The Morgan fingerprint density at radius 2 is 2.04 bits per heavy atom. The molecule has 0 spiro atoms. The number of hydrogen-bond donors (Lipinski definition) is 2. The number of rotatable bonds is 7. The standard InChI is InChI=1S/C22H29N3/c1-5-16-25(4)17-18(2)24-22-14-10-20(11-15-22)7-6-19-8-12-21(23-3)13-9-19/h8-14,22-24H,2,5,15-17H2,1,3-4H3. The van der Waals surface area contributed by atoms with Gasteiger partial charge in [-0.05, 0) is 56.8 Å². The lowest BCUT2D eigenvalue weighted by molar-refractivity contribution is 0.353. The maximum atomic E-state index is 4.14. The first-order valence-electron chi connectivity index (χ1n) is 8.91. The van der Waals surface area contributed by atoms with Crippen LogP contribution in [0.15, 0.2) is 60.3 Å². The van der Waals surface area contributed by atoms with Crippen molar-refractivity contribution in [2.75, 3.05) is 32.5 Å². The monoisotopic (exact) mass is 335 g/mol. The van der Waals surface area contributed by atoms with E-state index in [0.29, 0.717) is 6.04 Å². The maximum Gasteiger partial charge on any atom is 0.0480 e. The van der Waals surface area contributed by atoms with Crippen LogP contribution >= 0.6 is 0 Å². The van der Waals surface area contributed by atoms with Crippen LogP contribution in [0.1, 0.15) is 25.3 Å². The molecule has 0 fully saturated rings. The number of nitrogens with zero attached hydrogens (tertiary/aromatic N) is 1. The van der Waals surface area contributed by atoms with Crippen molar-refractivity contribution in [3.63, 3.8) is 0 Å². The molecule has 1 aliphatic rings. The highest BCUT2D eigenvalue weighted by Crippen LogP contribution is 2.12. The first kappa shape index (κ1) is 18.9. The van der Waals surface area contributed by atoms with E-state index in [1.807, 2.05) is 31.3 Å². The van der Waals surface area contributed by atoms with Crippen molar-refractivity contribution in [1.29, 1.82) is 0 Å². The van der Waals surface area contributed by atoms with Gasteiger partial charge in [0, 0.05) is 42.2 Å². The first-order valence-corrected chi connectivity index (χ1v) is 8.91. The molecule has 2 rings (SSSR count). The largest absolute Gasteiger partial charge is 0.388 e. The Labute approximate surface area is 152 Å². The van der Waals surface area contributed by atoms with E-state index >= 15 is 0 Å². The summed E-state index contributed by atoms with van der Waals surface area (Å²) in [6.07, 6.45) is 8.57. The molecule has 1 aromatic carbocycles. The van der Waals surface area contributed by atoms with Gasteiger partial charge in [-0.3, -0.25) is 0 Å². The molecule has 0 radical (unpaired) electrons. The van der Waals surface area contributed by atoms with Gasteiger partial charge in [0.1, 0.15) is 0 Å². The van der Waals surface area contributed by atoms with Gasteiger partial charge in [-0.1, -0.05) is 37.5 Å². The van der Waals surface area contributed by atoms with Gasteiger partial charge in [-0.15, -0.1) is 0 Å². The third kappa shape index (κ3) is 6.52. The zero-order valence-electron chi connectivity index (χ0n) is 15.6. The molecule has 0 amide bonds. The van der Waals surface area contributed by atoms with E-state index in [9.17, 15) is 0 Å². The fraction of sp³-hybridized carbons (Fsp3) is 0.364. The summed E-state index contributed by atoms with van der Waals surface area (Å²) < 4.78 is 0. The minimum Gasteiger partial charge on any atom is -0.388 e. The van der Waals surface area contributed by atoms with Gasteiger partial charge < -0.3 is 15.5 Å². The lowest BCUT2D eigenvalue weighted by Crippen LogP contribution is -2.33. The van der Waals surface area contributed by atoms with E-state index in [4.69, 9.17) is 0 Å². The molecule has 3 heteroatoms. The lowest BCUT2D eigenvalue weighted by atomic mass is 10.0. The lowest BCUT2D eigenvalue weighted by Gasteiger charge is -2.23. The molecule has 0 aromatic heterocycles. The van der Waals surface area contributed by atoms with Gasteiger partial charge in [0.05, 0.1) is 0 Å². The molecule has 1 aliphatic carbocycles. The third-order valence-electron chi connectivity index (χ3n) is 4.08. The molecule has 1 unspecified atom stereocenters. The third-order valence-corrected chi connectivity index (χ3v) is 4.08. The Morgan fingerprint density at radius 3 is 2.64 bits per heavy atom. The molecule has 3 nitrogen and oxygen atoms in total. The smallest absolute Gasteiger partial charge is 0.0480 e. The molecule has 0 heterocycles. The van der Waals surface area contributed by atoms with E-state index < -0.39 is 0 Å². The van der Waals surface area contributed by atoms with Crippen LogP contribution in [0.2, 0.25) is 0 Å². The van der Waals surface area contributed by atoms with E-state index in [0.717, 1.165) is 48.5 Å². The minimum absolute atomic E-state index is 0.308. The predicted molar refractivity (Wildman–Crippen MR) is 109 cm³/mol. The van der Waals surface area contributed by atoms with Crippen molar-refractivity contribution in [3.8, 4) is 11.8 Å². The zero-order chi connectivity index (χ0) is 18.1. The van der Waals surface area contributed by atoms with Crippen molar-refractivity contribution in [3.05, 3.63) is 65.9 Å². The summed E-state index contributed by atoms with van der Waals surface area (Å²) in [7, 11) is 4.04. The van der Waals surface area contributed by atoms with Crippen molar-refractivity contribution < 1.29 is 0 Å². The number of likely N-dealkylation sites (N-methyl/N-ethyl adjacent to an activating group) is 1. The molecule has 0 bridgehead atoms. The molecule has 132 valence electrons. The first-order chi connectivity index (χ1) is 12.1. The topological polar surface area (TPSA) is 27.3 Å². The Kier molecular flexibility index (Phi) is 7.37. The second-order valence-corrected chi connectivity index (χ2v) is 6.42. The summed E-state index contributed by atoms with van der Waals surface area (Å²) in [6, 6.07) is 8.45. The summed E-state index contributed by atoms with van der Waals surface area (Å²) in [5, 5.41) is 6.60. The summed E-state index contributed by atoms with van der Waals surface area (Å²) in [4.78, 5) is 2.29. The Balaban J connectivity index is 1.83. The average Bonchev–Trinajstić information content (AvgIpc) is 2.61. The minimum atomic E-state index is 0.308. The van der Waals surface area contributed by atoms with Gasteiger partial charge >= 0.3 is 0 Å². The number of hydrogen-bond acceptors (Lipinski definition) is 3. The van der Waals surface area contributed by atoms with E-state index in [1.165, 1.54) is 0 Å². The van der Waals surface area contributed by atoms with Crippen LogP contribution in [0, 0.1) is 11.8 Å². The van der Waals surface area contributed by atoms with Crippen molar-refractivity contribution in [2.24, 2.45) is 0 Å². The Hall–Kier alpha value is -2.44. The molecule has 1 atom stereocenters. The van der Waals surface area contributed by atoms with Gasteiger partial charge in [-0.2, -0.15) is 0 Å². The van der Waals surface area contributed by atoms with Crippen LogP contribution < -0.4 is 10.6 Å². The Morgan fingerprint density at radius 1 is 1.28 bits per heavy atom. The van der Waals surface area contributed by atoms with Crippen molar-refractivity contribution in [2.45, 2.75) is 25.8 Å². The highest BCUT2D eigenvalue weighted by atomic mass is 15.1. The zero-order valence-corrected chi connectivity index (χ0v) is 15.6. The fourth-order valence-electron chi connectivity index (χ4n) is 2.78. The van der Waals surface area contributed by atoms with E-state index in [2.05, 4.69) is 66.2 Å². The highest BCUT2D eigenvalue weighted by molar-refractivity contribution is 5.51. The van der Waals surface area contributed by atoms with Crippen molar-refractivity contribution >= 4 is 5.69 Å². The second kappa shape index (κ2) is 9.76. The molecular weight excluding hydrogens is 306 g/mol. The summed E-state index contributed by atoms with van der Waals surface area (Å²) in [6.45, 7) is 8.31. The van der Waals surface area contributed by atoms with Crippen molar-refractivity contribution in [1.82, 2.24) is 10.2 Å². The van der Waals surface area contributed by atoms with Crippen LogP contribution in [0.5, 0.6) is 0 Å². The number of nitrogens with one attached hydrogen (secondary N) is 2. The summed E-state index contributed by atoms with van der Waals surface area (Å²) in [5.74, 6) is 6.46. The van der Waals surface area contributed by atoms with Crippen LogP contribution in [-0.2, 0) is 0 Å². The van der Waals surface area contributed by atoms with Gasteiger partial charge in [0.15, 0.2) is 0 Å². The number of benzene rings is 1. The molecule has 0 saturated heterocycles. The molecule has 25 heavy (non-hydrogen) atoms. The molecule has 1 aromatic rings. The van der Waals surface area contributed by atoms with Crippen LogP contribution in [-0.4, -0.2) is 38.1 Å². The summed E-state index contributed by atoms with van der Waals surface area (Å²) >= 11 is 0. The Bertz CT molecular complexity index is 686. The van der Waals surface area contributed by atoms with E-state index in [1.54, 1.807) is 0 Å². The average molecular weight is 335 g/mol. The molecular formula is C22H29N3. The van der Waals surface area contributed by atoms with E-state index in [-0.39, 0.29) is 0 Å². The van der Waals surface area contributed by atoms with Gasteiger partial charge in [-0.25, -0.2) is 0 Å². The molecule has 2 N–H and O–H groups in total. The van der Waals surface area contributed by atoms with Crippen LogP contribution in [0.25, 0.3) is 0 Å². The molecule has 0 saturated carbocycles. The highest BCUT2D eigenvalue weighted by Gasteiger charge is 2.09. The quantitative estimate of drug-likeness (QED) is 0.743. The van der Waals surface area contributed by atoms with Crippen LogP contribution in [0.3, 0.4) is 0 Å².